The van der Waals surface area contributed by atoms with E-state index in [0.717, 1.165) is 12.8 Å². The quantitative estimate of drug-likeness (QED) is 0.249. The second kappa shape index (κ2) is 9.79. The number of aromatic carboxylic acids is 1. The number of carboxylic acid groups (broad SMARTS) is 1. The van der Waals surface area contributed by atoms with E-state index in [1.165, 1.54) is 11.6 Å². The molecule has 0 radical (unpaired) electrons. The van der Waals surface area contributed by atoms with Crippen LogP contribution in [0.25, 0.3) is 0 Å². The predicted octanol–water partition coefficient (Wildman–Crippen LogP) is -1.68. The van der Waals surface area contributed by atoms with Crippen LogP contribution in [0.5, 0.6) is 0 Å². The molecule has 4 heterocycles. The molecule has 6 atom stereocenters. The number of carboxylic acids is 1. The summed E-state index contributed by atoms with van der Waals surface area (Å²) in [5.41, 5.74) is 0.490. The van der Waals surface area contributed by atoms with Crippen LogP contribution >= 0.6 is 0 Å². The van der Waals surface area contributed by atoms with Crippen molar-refractivity contribution in [1.29, 1.82) is 0 Å². The van der Waals surface area contributed by atoms with Gasteiger partial charge in [-0.15, -0.1) is 0 Å². The summed E-state index contributed by atoms with van der Waals surface area (Å²) in [4.78, 5) is 25.4. The standard InChI is InChI=1S/C24H33N3O7.Na/c1-14(2)5-6-18-23(3,34-18)20-19(31-4)17(7-9-24(20)13-32-24)33-22(30)26-11-15(12-26)27-10-8-16(25-27)21(28)29;/h5,8,10,15,17-20H,6-7,9,11-13H2,1-4H3,(H,28,29);/q;+1/p-1/t17-,18-,19-,20-,23+,24+;/m1./s1. The SMILES string of the molecule is CO[C@@H]1[C@H](OC(=O)N2CC(n3ccc(C(=O)[O-])n3)C2)CC[C@]2(CO2)[C@H]1[C@@]1(C)O[C@@H]1CC=C(C)C.[Na+]. The summed E-state index contributed by atoms with van der Waals surface area (Å²) in [5.74, 6) is -1.34. The first-order valence-electron chi connectivity index (χ1n) is 11.9. The zero-order chi connectivity index (χ0) is 24.3. The van der Waals surface area contributed by atoms with Crippen LogP contribution in [0.4, 0.5) is 4.79 Å². The van der Waals surface area contributed by atoms with Crippen LogP contribution in [0.15, 0.2) is 23.9 Å². The molecule has 1 aliphatic carbocycles. The molecule has 0 N–H and O–H groups in total. The fourth-order valence-corrected chi connectivity index (χ4v) is 5.70. The monoisotopic (exact) mass is 497 g/mol. The Morgan fingerprint density at radius 1 is 1.34 bits per heavy atom. The summed E-state index contributed by atoms with van der Waals surface area (Å²) in [7, 11) is 1.66. The molecule has 186 valence electrons. The summed E-state index contributed by atoms with van der Waals surface area (Å²) in [6, 6.07) is 1.30. The maximum atomic E-state index is 12.9. The van der Waals surface area contributed by atoms with Crippen LogP contribution in [0.3, 0.4) is 0 Å². The number of methoxy groups -OCH3 is 1. The van der Waals surface area contributed by atoms with Gasteiger partial charge >= 0.3 is 35.7 Å². The van der Waals surface area contributed by atoms with Crippen LogP contribution in [-0.4, -0.2) is 83.1 Å². The van der Waals surface area contributed by atoms with Crippen LogP contribution in [0, 0.1) is 5.92 Å². The van der Waals surface area contributed by atoms with E-state index in [-0.39, 0.29) is 70.6 Å². The van der Waals surface area contributed by atoms with Gasteiger partial charge in [0.2, 0.25) is 0 Å². The second-order valence-electron chi connectivity index (χ2n) is 10.3. The van der Waals surface area contributed by atoms with Gasteiger partial charge in [0.25, 0.3) is 0 Å². The number of hydrogen-bond donors (Lipinski definition) is 0. The van der Waals surface area contributed by atoms with E-state index in [4.69, 9.17) is 18.9 Å². The summed E-state index contributed by atoms with van der Waals surface area (Å²) in [6.45, 7) is 7.76. The third-order valence-electron chi connectivity index (χ3n) is 7.80. The molecular formula is C24H32N3NaO7. The number of hydrogen-bond acceptors (Lipinski definition) is 8. The molecule has 1 aromatic rings. The molecule has 0 unspecified atom stereocenters. The van der Waals surface area contributed by atoms with Crippen molar-refractivity contribution in [2.24, 2.45) is 5.92 Å². The molecule has 1 aromatic heterocycles. The summed E-state index contributed by atoms with van der Waals surface area (Å²) in [5, 5.41) is 14.9. The van der Waals surface area contributed by atoms with Crippen molar-refractivity contribution in [3.05, 3.63) is 29.6 Å². The number of epoxide rings is 2. The van der Waals surface area contributed by atoms with E-state index in [1.807, 2.05) is 0 Å². The number of rotatable bonds is 7. The van der Waals surface area contributed by atoms with Crippen LogP contribution in [0.2, 0.25) is 0 Å². The molecular weight excluding hydrogens is 465 g/mol. The Hall–Kier alpha value is -1.43. The van der Waals surface area contributed by atoms with Crippen molar-refractivity contribution in [3.8, 4) is 0 Å². The molecule has 4 fully saturated rings. The summed E-state index contributed by atoms with van der Waals surface area (Å²) in [6.07, 6.45) is 5.06. The molecule has 5 rings (SSSR count). The average Bonchev–Trinajstić information content (AvgIpc) is 3.60. The van der Waals surface area contributed by atoms with E-state index < -0.39 is 18.2 Å². The number of ether oxygens (including phenoxy) is 4. The Labute approximate surface area is 227 Å². The number of carbonyl (C=O) groups excluding carboxylic acids is 2. The minimum absolute atomic E-state index is 0. The molecule has 0 bridgehead atoms. The van der Waals surface area contributed by atoms with Gasteiger partial charge in [0.15, 0.2) is 0 Å². The average molecular weight is 498 g/mol. The maximum absolute atomic E-state index is 12.9. The molecule has 10 nitrogen and oxygen atoms in total. The number of allylic oxidation sites excluding steroid dienone is 1. The first kappa shape index (κ1) is 26.6. The first-order chi connectivity index (χ1) is 16.2. The van der Waals surface area contributed by atoms with Gasteiger partial charge in [-0.1, -0.05) is 11.6 Å². The minimum atomic E-state index is -1.32. The fraction of sp³-hybridized carbons (Fsp3) is 0.708. The van der Waals surface area contributed by atoms with Crippen LogP contribution in [-0.2, 0) is 18.9 Å². The number of amides is 1. The first-order valence-corrected chi connectivity index (χ1v) is 11.9. The van der Waals surface area contributed by atoms with Gasteiger partial charge in [0.1, 0.15) is 29.1 Å². The summed E-state index contributed by atoms with van der Waals surface area (Å²) >= 11 is 0. The molecule has 3 saturated heterocycles. The third-order valence-corrected chi connectivity index (χ3v) is 7.80. The van der Waals surface area contributed by atoms with Crippen LogP contribution < -0.4 is 34.7 Å². The normalized spacial score (nSPS) is 35.6. The second-order valence-corrected chi connectivity index (χ2v) is 10.3. The summed E-state index contributed by atoms with van der Waals surface area (Å²) < 4.78 is 25.6. The topological polar surface area (TPSA) is 122 Å². The largest absolute Gasteiger partial charge is 1.00 e. The zero-order valence-corrected chi connectivity index (χ0v) is 23.1. The van der Waals surface area contributed by atoms with Crippen molar-refractivity contribution < 1.29 is 63.2 Å². The van der Waals surface area contributed by atoms with Crippen molar-refractivity contribution in [1.82, 2.24) is 14.7 Å². The number of nitrogens with zero attached hydrogens (tertiary/aromatic N) is 3. The van der Waals surface area contributed by atoms with Crippen molar-refractivity contribution in [2.45, 2.75) is 75.6 Å². The number of likely N-dealkylation sites (tertiary alicyclic amines) is 1. The van der Waals surface area contributed by atoms with Gasteiger partial charge in [-0.2, -0.15) is 5.10 Å². The Bertz CT molecular complexity index is 999. The number of aromatic nitrogens is 2. The van der Waals surface area contributed by atoms with E-state index in [1.54, 1.807) is 22.9 Å². The van der Waals surface area contributed by atoms with Crippen LogP contribution in [0.1, 0.15) is 56.6 Å². The van der Waals surface area contributed by atoms with Crippen molar-refractivity contribution >= 4 is 12.1 Å². The van der Waals surface area contributed by atoms with Crippen molar-refractivity contribution in [2.75, 3.05) is 26.8 Å². The molecule has 35 heavy (non-hydrogen) atoms. The molecule has 11 heteroatoms. The molecule has 1 saturated carbocycles. The zero-order valence-electron chi connectivity index (χ0n) is 21.1. The molecule has 0 aromatic carbocycles. The third kappa shape index (κ3) is 4.93. The van der Waals surface area contributed by atoms with E-state index in [2.05, 4.69) is 31.9 Å². The van der Waals surface area contributed by atoms with Gasteiger partial charge in [0, 0.05) is 26.4 Å². The molecule has 1 amide bonds. The van der Waals surface area contributed by atoms with E-state index >= 15 is 0 Å². The Kier molecular flexibility index (Phi) is 7.45. The fourth-order valence-electron chi connectivity index (χ4n) is 5.70. The Morgan fingerprint density at radius 2 is 2.06 bits per heavy atom. The van der Waals surface area contributed by atoms with Gasteiger partial charge in [0.05, 0.1) is 30.6 Å². The van der Waals surface area contributed by atoms with E-state index in [9.17, 15) is 14.7 Å². The molecule has 4 aliphatic rings. The van der Waals surface area contributed by atoms with Gasteiger partial charge in [-0.25, -0.2) is 4.79 Å². The number of carbonyl (C=O) groups is 2. The minimum Gasteiger partial charge on any atom is -0.543 e. The maximum Gasteiger partial charge on any atom is 1.00 e. The molecule has 1 spiro atoms. The van der Waals surface area contributed by atoms with Gasteiger partial charge < -0.3 is 33.7 Å². The van der Waals surface area contributed by atoms with Gasteiger partial charge in [-0.05, 0) is 46.1 Å². The van der Waals surface area contributed by atoms with E-state index in [0.29, 0.717) is 26.1 Å². The molecule has 3 aliphatic heterocycles. The predicted molar refractivity (Wildman–Crippen MR) is 117 cm³/mol. The van der Waals surface area contributed by atoms with Gasteiger partial charge in [-0.3, -0.25) is 4.68 Å². The Balaban J connectivity index is 0.00000289. The smallest absolute Gasteiger partial charge is 0.543 e. The van der Waals surface area contributed by atoms with Crippen molar-refractivity contribution in [3.63, 3.8) is 0 Å². The Morgan fingerprint density at radius 3 is 2.63 bits per heavy atom.